The van der Waals surface area contributed by atoms with Crippen molar-refractivity contribution in [2.45, 2.75) is 26.3 Å². The van der Waals surface area contributed by atoms with Crippen LogP contribution in [-0.2, 0) is 20.5 Å². The third-order valence-electron chi connectivity index (χ3n) is 3.34. The van der Waals surface area contributed by atoms with E-state index in [1.54, 1.807) is 4.68 Å². The van der Waals surface area contributed by atoms with Gasteiger partial charge in [-0.25, -0.2) is 4.98 Å². The van der Waals surface area contributed by atoms with Gasteiger partial charge in [0, 0.05) is 25.9 Å². The van der Waals surface area contributed by atoms with Crippen LogP contribution in [0.15, 0.2) is 12.5 Å². The lowest BCUT2D eigenvalue weighted by atomic mass is 10.0. The maximum atomic E-state index is 6.31. The minimum absolute atomic E-state index is 0.192. The fraction of sp³-hybridized carbons (Fsp3) is 0.538. The second-order valence-corrected chi connectivity index (χ2v) is 5.08. The highest BCUT2D eigenvalue weighted by molar-refractivity contribution is 6.30. The number of likely N-dealkylation sites (N-methyl/N-ethyl adjacent to an activating group) is 1. The molecule has 2 aromatic heterocycles. The van der Waals surface area contributed by atoms with Crippen molar-refractivity contribution in [1.29, 1.82) is 0 Å². The standard InChI is InChI=1S/C13H20ClN5/c1-5-16-11(12-7-15-8-18(12)3)6-10-9(2)17-19(4)13(10)14/h7-8,11,16H,5-6H2,1-4H3. The lowest BCUT2D eigenvalue weighted by Gasteiger charge is -2.18. The molecule has 2 heterocycles. The molecule has 0 saturated heterocycles. The van der Waals surface area contributed by atoms with E-state index in [9.17, 15) is 0 Å². The maximum absolute atomic E-state index is 6.31. The van der Waals surface area contributed by atoms with Crippen LogP contribution in [0.1, 0.15) is 29.9 Å². The van der Waals surface area contributed by atoms with Gasteiger partial charge in [0.1, 0.15) is 5.15 Å². The minimum Gasteiger partial charge on any atom is -0.336 e. The van der Waals surface area contributed by atoms with E-state index in [0.29, 0.717) is 5.15 Å². The SMILES string of the molecule is CCNC(Cc1c(C)nn(C)c1Cl)c1cncn1C. The zero-order valence-electron chi connectivity index (χ0n) is 11.8. The van der Waals surface area contributed by atoms with Crippen LogP contribution < -0.4 is 5.32 Å². The predicted molar refractivity (Wildman–Crippen MR) is 76.3 cm³/mol. The van der Waals surface area contributed by atoms with Crippen molar-refractivity contribution in [2.75, 3.05) is 6.54 Å². The molecule has 104 valence electrons. The second kappa shape index (κ2) is 5.75. The van der Waals surface area contributed by atoms with Crippen molar-refractivity contribution in [3.8, 4) is 0 Å². The van der Waals surface area contributed by atoms with Crippen molar-refractivity contribution in [3.05, 3.63) is 34.6 Å². The summed E-state index contributed by atoms with van der Waals surface area (Å²) in [7, 11) is 3.87. The quantitative estimate of drug-likeness (QED) is 0.912. The Labute approximate surface area is 118 Å². The molecular weight excluding hydrogens is 262 g/mol. The Hall–Kier alpha value is -1.33. The van der Waals surface area contributed by atoms with E-state index in [1.165, 1.54) is 0 Å². The van der Waals surface area contributed by atoms with Gasteiger partial charge >= 0.3 is 0 Å². The highest BCUT2D eigenvalue weighted by Crippen LogP contribution is 2.25. The number of hydrogen-bond acceptors (Lipinski definition) is 3. The number of aromatic nitrogens is 4. The van der Waals surface area contributed by atoms with E-state index in [0.717, 1.165) is 29.9 Å². The van der Waals surface area contributed by atoms with Crippen molar-refractivity contribution in [3.63, 3.8) is 0 Å². The molecule has 0 saturated carbocycles. The van der Waals surface area contributed by atoms with Gasteiger partial charge in [-0.15, -0.1) is 0 Å². The number of halogens is 1. The van der Waals surface area contributed by atoms with Crippen LogP contribution in [0, 0.1) is 6.92 Å². The monoisotopic (exact) mass is 281 g/mol. The van der Waals surface area contributed by atoms with Crippen LogP contribution in [0.2, 0.25) is 5.15 Å². The highest BCUT2D eigenvalue weighted by Gasteiger charge is 2.19. The molecule has 1 unspecified atom stereocenters. The molecule has 0 radical (unpaired) electrons. The summed E-state index contributed by atoms with van der Waals surface area (Å²) < 4.78 is 3.76. The van der Waals surface area contributed by atoms with Crippen LogP contribution in [0.4, 0.5) is 0 Å². The maximum Gasteiger partial charge on any atom is 0.130 e. The van der Waals surface area contributed by atoms with Gasteiger partial charge < -0.3 is 9.88 Å². The molecule has 0 aliphatic heterocycles. The normalized spacial score (nSPS) is 12.9. The van der Waals surface area contributed by atoms with Gasteiger partial charge in [-0.05, 0) is 19.9 Å². The molecule has 0 aromatic carbocycles. The van der Waals surface area contributed by atoms with Crippen molar-refractivity contribution in [1.82, 2.24) is 24.6 Å². The number of nitrogens with one attached hydrogen (secondary N) is 1. The summed E-state index contributed by atoms with van der Waals surface area (Å²) in [5.41, 5.74) is 3.23. The van der Waals surface area contributed by atoms with Gasteiger partial charge in [-0.2, -0.15) is 5.10 Å². The second-order valence-electron chi connectivity index (χ2n) is 4.72. The highest BCUT2D eigenvalue weighted by atomic mass is 35.5. The third-order valence-corrected chi connectivity index (χ3v) is 3.81. The molecule has 1 atom stereocenters. The topological polar surface area (TPSA) is 47.7 Å². The van der Waals surface area contributed by atoms with Crippen LogP contribution in [-0.4, -0.2) is 25.9 Å². The van der Waals surface area contributed by atoms with E-state index in [-0.39, 0.29) is 6.04 Å². The fourth-order valence-electron chi connectivity index (χ4n) is 2.34. The van der Waals surface area contributed by atoms with Crippen LogP contribution in [0.3, 0.4) is 0 Å². The number of nitrogens with zero attached hydrogens (tertiary/aromatic N) is 4. The molecule has 5 nitrogen and oxygen atoms in total. The summed E-state index contributed by atoms with van der Waals surface area (Å²) in [6, 6.07) is 0.192. The van der Waals surface area contributed by atoms with E-state index >= 15 is 0 Å². The molecule has 2 aromatic rings. The van der Waals surface area contributed by atoms with Crippen LogP contribution in [0.5, 0.6) is 0 Å². The van der Waals surface area contributed by atoms with Gasteiger partial charge in [-0.3, -0.25) is 4.68 Å². The molecule has 0 bridgehead atoms. The Morgan fingerprint density at radius 2 is 2.16 bits per heavy atom. The van der Waals surface area contributed by atoms with Gasteiger partial charge in [-0.1, -0.05) is 18.5 Å². The minimum atomic E-state index is 0.192. The van der Waals surface area contributed by atoms with Gasteiger partial charge in [0.2, 0.25) is 0 Å². The Bertz CT molecular complexity index is 557. The van der Waals surface area contributed by atoms with E-state index in [1.807, 2.05) is 38.1 Å². The number of rotatable bonds is 5. The Balaban J connectivity index is 2.29. The summed E-state index contributed by atoms with van der Waals surface area (Å²) in [5, 5.41) is 8.55. The molecule has 0 spiro atoms. The molecule has 0 aliphatic carbocycles. The first-order chi connectivity index (χ1) is 9.04. The fourth-order valence-corrected chi connectivity index (χ4v) is 2.59. The summed E-state index contributed by atoms with van der Waals surface area (Å²) in [6.07, 6.45) is 4.52. The average molecular weight is 282 g/mol. The summed E-state index contributed by atoms with van der Waals surface area (Å²) in [6.45, 7) is 4.99. The van der Waals surface area contributed by atoms with Crippen molar-refractivity contribution in [2.24, 2.45) is 14.1 Å². The number of imidazole rings is 1. The molecule has 0 fully saturated rings. The summed E-state index contributed by atoms with van der Waals surface area (Å²) in [5.74, 6) is 0. The molecule has 6 heteroatoms. The lowest BCUT2D eigenvalue weighted by molar-refractivity contribution is 0.520. The number of hydrogen-bond donors (Lipinski definition) is 1. The van der Waals surface area contributed by atoms with Gasteiger partial charge in [0.05, 0.1) is 23.8 Å². The molecular formula is C13H20ClN5. The number of aryl methyl sites for hydroxylation is 3. The first-order valence-electron chi connectivity index (χ1n) is 6.42. The first kappa shape index (κ1) is 14.1. The Morgan fingerprint density at radius 3 is 2.63 bits per heavy atom. The van der Waals surface area contributed by atoms with Crippen molar-refractivity contribution < 1.29 is 0 Å². The van der Waals surface area contributed by atoms with Crippen LogP contribution >= 0.6 is 11.6 Å². The van der Waals surface area contributed by atoms with Crippen LogP contribution in [0.25, 0.3) is 0 Å². The predicted octanol–water partition coefficient (Wildman–Crippen LogP) is 2.01. The molecule has 19 heavy (non-hydrogen) atoms. The molecule has 1 N–H and O–H groups in total. The van der Waals surface area contributed by atoms with Gasteiger partial charge in [0.25, 0.3) is 0 Å². The summed E-state index contributed by atoms with van der Waals surface area (Å²) >= 11 is 6.31. The molecule has 0 amide bonds. The third kappa shape index (κ3) is 2.82. The Kier molecular flexibility index (Phi) is 4.27. The van der Waals surface area contributed by atoms with Crippen molar-refractivity contribution >= 4 is 11.6 Å². The van der Waals surface area contributed by atoms with E-state index < -0.39 is 0 Å². The average Bonchev–Trinajstić information content (AvgIpc) is 2.88. The molecule has 0 aliphatic rings. The lowest BCUT2D eigenvalue weighted by Crippen LogP contribution is -2.25. The zero-order chi connectivity index (χ0) is 14.0. The summed E-state index contributed by atoms with van der Waals surface area (Å²) in [4.78, 5) is 4.19. The van der Waals surface area contributed by atoms with E-state index in [4.69, 9.17) is 11.6 Å². The molecule has 2 rings (SSSR count). The Morgan fingerprint density at radius 1 is 1.42 bits per heavy atom. The zero-order valence-corrected chi connectivity index (χ0v) is 12.6. The van der Waals surface area contributed by atoms with Gasteiger partial charge in [0.15, 0.2) is 0 Å². The van der Waals surface area contributed by atoms with E-state index in [2.05, 4.69) is 22.3 Å². The largest absolute Gasteiger partial charge is 0.336 e. The smallest absolute Gasteiger partial charge is 0.130 e. The first-order valence-corrected chi connectivity index (χ1v) is 6.80.